The molecule has 190 valence electrons. The lowest BCUT2D eigenvalue weighted by Crippen LogP contribution is -2.50. The Kier molecular flexibility index (Phi) is 8.08. The van der Waals surface area contributed by atoms with Crippen molar-refractivity contribution in [1.82, 2.24) is 15.1 Å². The highest BCUT2D eigenvalue weighted by molar-refractivity contribution is 6.21. The van der Waals surface area contributed by atoms with Crippen molar-refractivity contribution < 1.29 is 23.6 Å². The van der Waals surface area contributed by atoms with Gasteiger partial charge in [-0.05, 0) is 30.2 Å². The summed E-state index contributed by atoms with van der Waals surface area (Å²) >= 11 is 0. The van der Waals surface area contributed by atoms with Crippen LogP contribution in [0, 0.1) is 5.82 Å². The SMILES string of the molecule is CNC(=O)[C@H](Cc1ccccc1)N(Cc1ccccc1F)C(=O)CCCN1C(=O)c2ccccc2C1=O. The summed E-state index contributed by atoms with van der Waals surface area (Å²) < 4.78 is 14.5. The van der Waals surface area contributed by atoms with Gasteiger partial charge in [0.1, 0.15) is 11.9 Å². The van der Waals surface area contributed by atoms with Gasteiger partial charge in [-0.15, -0.1) is 0 Å². The minimum atomic E-state index is -0.876. The molecule has 1 atom stereocenters. The molecule has 4 amide bonds. The molecular weight excluding hydrogens is 473 g/mol. The fourth-order valence-electron chi connectivity index (χ4n) is 4.50. The molecule has 1 aliphatic rings. The number of fused-ring (bicyclic) bond motifs is 1. The van der Waals surface area contributed by atoms with Gasteiger partial charge >= 0.3 is 0 Å². The number of imide groups is 1. The fourth-order valence-corrected chi connectivity index (χ4v) is 4.50. The van der Waals surface area contributed by atoms with Crippen LogP contribution in [0.2, 0.25) is 0 Å². The Bertz CT molecular complexity index is 1280. The number of nitrogens with one attached hydrogen (secondary N) is 1. The van der Waals surface area contributed by atoms with Crippen LogP contribution in [0.5, 0.6) is 0 Å². The van der Waals surface area contributed by atoms with E-state index in [-0.39, 0.29) is 61.5 Å². The Labute approximate surface area is 214 Å². The minimum absolute atomic E-state index is 0.0237. The van der Waals surface area contributed by atoms with Crippen LogP contribution in [0.15, 0.2) is 78.9 Å². The molecule has 0 radical (unpaired) electrons. The highest BCUT2D eigenvalue weighted by atomic mass is 19.1. The average Bonchev–Trinajstić information content (AvgIpc) is 3.16. The number of hydrogen-bond acceptors (Lipinski definition) is 4. The highest BCUT2D eigenvalue weighted by Gasteiger charge is 2.35. The van der Waals surface area contributed by atoms with Crippen molar-refractivity contribution in [3.05, 3.63) is 107 Å². The summed E-state index contributed by atoms with van der Waals surface area (Å²) in [6, 6.07) is 21.2. The number of amides is 4. The van der Waals surface area contributed by atoms with Crippen molar-refractivity contribution in [2.75, 3.05) is 13.6 Å². The summed E-state index contributed by atoms with van der Waals surface area (Å²) in [6.07, 6.45) is 0.438. The second kappa shape index (κ2) is 11.6. The van der Waals surface area contributed by atoms with Crippen LogP contribution < -0.4 is 5.32 Å². The van der Waals surface area contributed by atoms with E-state index in [1.807, 2.05) is 30.3 Å². The Morgan fingerprint density at radius 2 is 1.49 bits per heavy atom. The van der Waals surface area contributed by atoms with Crippen LogP contribution in [0.4, 0.5) is 4.39 Å². The average molecular weight is 502 g/mol. The molecule has 0 aromatic heterocycles. The number of carbonyl (C=O) groups is 4. The van der Waals surface area contributed by atoms with E-state index >= 15 is 0 Å². The van der Waals surface area contributed by atoms with E-state index in [9.17, 15) is 23.6 Å². The predicted octanol–water partition coefficient (Wildman–Crippen LogP) is 3.59. The van der Waals surface area contributed by atoms with Crippen LogP contribution in [0.3, 0.4) is 0 Å². The van der Waals surface area contributed by atoms with E-state index in [0.29, 0.717) is 11.1 Å². The lowest BCUT2D eigenvalue weighted by molar-refractivity contribution is -0.141. The molecule has 4 rings (SSSR count). The Balaban J connectivity index is 1.52. The number of halogens is 1. The van der Waals surface area contributed by atoms with Crippen LogP contribution >= 0.6 is 0 Å². The predicted molar refractivity (Wildman–Crippen MR) is 136 cm³/mol. The molecule has 37 heavy (non-hydrogen) atoms. The molecule has 1 N–H and O–H groups in total. The van der Waals surface area contributed by atoms with Crippen molar-refractivity contribution in [3.63, 3.8) is 0 Å². The third-order valence-corrected chi connectivity index (χ3v) is 6.47. The molecule has 1 aliphatic heterocycles. The summed E-state index contributed by atoms with van der Waals surface area (Å²) in [5.74, 6) is -1.98. The van der Waals surface area contributed by atoms with Gasteiger partial charge < -0.3 is 10.2 Å². The lowest BCUT2D eigenvalue weighted by atomic mass is 10.0. The van der Waals surface area contributed by atoms with Crippen molar-refractivity contribution in [1.29, 1.82) is 0 Å². The van der Waals surface area contributed by atoms with Gasteiger partial charge in [-0.2, -0.15) is 0 Å². The van der Waals surface area contributed by atoms with E-state index in [0.717, 1.165) is 10.5 Å². The summed E-state index contributed by atoms with van der Waals surface area (Å²) in [7, 11) is 1.49. The van der Waals surface area contributed by atoms with Gasteiger partial charge in [0.25, 0.3) is 11.8 Å². The summed E-state index contributed by atoms with van der Waals surface area (Å²) in [5, 5.41) is 2.62. The lowest BCUT2D eigenvalue weighted by Gasteiger charge is -2.31. The van der Waals surface area contributed by atoms with Gasteiger partial charge in [0.15, 0.2) is 0 Å². The monoisotopic (exact) mass is 501 g/mol. The van der Waals surface area contributed by atoms with Crippen molar-refractivity contribution in [2.45, 2.75) is 31.8 Å². The number of nitrogens with zero attached hydrogens (tertiary/aromatic N) is 2. The summed E-state index contributed by atoms with van der Waals surface area (Å²) in [5.41, 5.74) is 1.84. The fraction of sp³-hybridized carbons (Fsp3) is 0.241. The molecule has 0 bridgehead atoms. The minimum Gasteiger partial charge on any atom is -0.357 e. The molecule has 0 saturated heterocycles. The van der Waals surface area contributed by atoms with E-state index < -0.39 is 11.9 Å². The molecule has 0 spiro atoms. The number of hydrogen-bond donors (Lipinski definition) is 1. The second-order valence-corrected chi connectivity index (χ2v) is 8.84. The molecular formula is C29H28FN3O4. The molecule has 0 aliphatic carbocycles. The number of rotatable bonds is 10. The number of likely N-dealkylation sites (N-methyl/N-ethyl adjacent to an activating group) is 1. The summed E-state index contributed by atoms with van der Waals surface area (Å²) in [4.78, 5) is 54.3. The zero-order chi connectivity index (χ0) is 26.4. The van der Waals surface area contributed by atoms with Gasteiger partial charge in [0.05, 0.1) is 11.1 Å². The van der Waals surface area contributed by atoms with Crippen molar-refractivity contribution in [3.8, 4) is 0 Å². The molecule has 8 heteroatoms. The zero-order valence-electron chi connectivity index (χ0n) is 20.5. The van der Waals surface area contributed by atoms with Crippen LogP contribution in [0.25, 0.3) is 0 Å². The van der Waals surface area contributed by atoms with Crippen LogP contribution in [-0.2, 0) is 22.6 Å². The maximum atomic E-state index is 14.5. The topological polar surface area (TPSA) is 86.8 Å². The first kappa shape index (κ1) is 25.8. The number of benzene rings is 3. The first-order valence-electron chi connectivity index (χ1n) is 12.1. The smallest absolute Gasteiger partial charge is 0.261 e. The van der Waals surface area contributed by atoms with Crippen molar-refractivity contribution >= 4 is 23.6 Å². The van der Waals surface area contributed by atoms with Crippen molar-refractivity contribution in [2.24, 2.45) is 0 Å². The van der Waals surface area contributed by atoms with E-state index in [2.05, 4.69) is 5.32 Å². The molecule has 0 fully saturated rings. The third-order valence-electron chi connectivity index (χ3n) is 6.47. The standard InChI is InChI=1S/C29H28FN3O4/c1-31-27(35)25(18-20-10-3-2-4-11-20)33(19-21-12-5-8-15-24(21)30)26(34)16-9-17-32-28(36)22-13-6-7-14-23(22)29(32)37/h2-8,10-15,25H,9,16-19H2,1H3,(H,31,35)/t25-/m0/s1. The van der Waals surface area contributed by atoms with Gasteiger partial charge in [0.2, 0.25) is 11.8 Å². The third kappa shape index (κ3) is 5.74. The van der Waals surface area contributed by atoms with Gasteiger partial charge in [0, 0.05) is 38.5 Å². The van der Waals surface area contributed by atoms with E-state index in [4.69, 9.17) is 0 Å². The maximum Gasteiger partial charge on any atom is 0.261 e. The second-order valence-electron chi connectivity index (χ2n) is 8.84. The first-order valence-corrected chi connectivity index (χ1v) is 12.1. The molecule has 0 saturated carbocycles. The number of carbonyl (C=O) groups excluding carboxylic acids is 4. The van der Waals surface area contributed by atoms with Gasteiger partial charge in [-0.3, -0.25) is 24.1 Å². The Hall–Kier alpha value is -4.33. The first-order chi connectivity index (χ1) is 17.9. The zero-order valence-corrected chi connectivity index (χ0v) is 20.5. The van der Waals surface area contributed by atoms with Gasteiger partial charge in [-0.1, -0.05) is 60.7 Å². The molecule has 3 aromatic rings. The molecule has 3 aromatic carbocycles. The normalized spacial score (nSPS) is 13.3. The molecule has 0 unspecified atom stereocenters. The molecule has 7 nitrogen and oxygen atoms in total. The quantitative estimate of drug-likeness (QED) is 0.430. The van der Waals surface area contributed by atoms with E-state index in [1.165, 1.54) is 18.0 Å². The largest absolute Gasteiger partial charge is 0.357 e. The van der Waals surface area contributed by atoms with Crippen LogP contribution in [-0.4, -0.2) is 53.1 Å². The highest BCUT2D eigenvalue weighted by Crippen LogP contribution is 2.23. The Morgan fingerprint density at radius 1 is 0.892 bits per heavy atom. The summed E-state index contributed by atoms with van der Waals surface area (Å²) in [6.45, 7) is -0.0294. The van der Waals surface area contributed by atoms with E-state index in [1.54, 1.807) is 42.5 Å². The van der Waals surface area contributed by atoms with Crippen LogP contribution in [0.1, 0.15) is 44.7 Å². The maximum absolute atomic E-state index is 14.5. The Morgan fingerprint density at radius 3 is 2.11 bits per heavy atom. The van der Waals surface area contributed by atoms with Gasteiger partial charge in [-0.25, -0.2) is 4.39 Å². The molecule has 1 heterocycles.